The number of nitrogens with zero attached hydrogens (tertiary/aromatic N) is 9. The zero-order valence-electron chi connectivity index (χ0n) is 75.0. The molecule has 3 aliphatic heterocycles. The molecule has 12 rings (SSSR count). The molecule has 0 N–H and O–H groups in total. The number of alkyl halides is 9. The van der Waals surface area contributed by atoms with E-state index in [-0.39, 0.29) is 67.9 Å². The predicted molar refractivity (Wildman–Crippen MR) is 457 cm³/mol. The fraction of sp³-hybridized carbons (Fsp3) is 0.419. The van der Waals surface area contributed by atoms with Crippen molar-refractivity contribution in [3.8, 4) is 0 Å². The van der Waals surface area contributed by atoms with Gasteiger partial charge in [-0.15, -0.1) is 0 Å². The highest BCUT2D eigenvalue weighted by Gasteiger charge is 2.69. The molecule has 0 aliphatic carbocycles. The minimum absolute atomic E-state index is 0.0620. The van der Waals surface area contributed by atoms with Crippen LogP contribution in [0.25, 0.3) is 0 Å². The Hall–Kier alpha value is -11.0. The van der Waals surface area contributed by atoms with Gasteiger partial charge in [-0.2, -0.15) is 39.5 Å². The molecule has 19 nitrogen and oxygen atoms in total. The lowest BCUT2D eigenvalue weighted by Crippen LogP contribution is -2.64. The Morgan fingerprint density at radius 1 is 0.273 bits per heavy atom. The summed E-state index contributed by atoms with van der Waals surface area (Å²) < 4.78 is 275. The van der Waals surface area contributed by atoms with Crippen molar-refractivity contribution in [2.45, 2.75) is 202 Å². The molecule has 9 aromatic rings. The van der Waals surface area contributed by atoms with Crippen molar-refractivity contribution in [3.63, 3.8) is 0 Å². The first-order valence-corrected chi connectivity index (χ1v) is 42.1. The largest absolute Gasteiger partial charge is 0.481 e. The number of hydrogen-bond donors (Lipinski definition) is 0. The number of amides is 3. The minimum Gasteiger partial charge on any atom is -0.322 e. The van der Waals surface area contributed by atoms with Crippen LogP contribution in [-0.2, 0) is 53.8 Å². The number of carbonyl (C=O) groups is 3. The number of rotatable bonds is 15. The summed E-state index contributed by atoms with van der Waals surface area (Å²) in [6.45, 7) is 33.6. The Labute approximate surface area is 729 Å². The van der Waals surface area contributed by atoms with E-state index in [2.05, 4.69) is 0 Å². The number of phosphoric acid groups is 1. The Morgan fingerprint density at radius 2 is 0.477 bits per heavy atom. The van der Waals surface area contributed by atoms with E-state index in [0.717, 1.165) is 101 Å². The van der Waals surface area contributed by atoms with Gasteiger partial charge in [0.15, 0.2) is 17.2 Å². The maximum Gasteiger partial charge on any atom is 0.481 e. The highest BCUT2D eigenvalue weighted by molar-refractivity contribution is 7.48. The zero-order chi connectivity index (χ0) is 95.8. The van der Waals surface area contributed by atoms with Crippen molar-refractivity contribution in [1.82, 2.24) is 13.7 Å². The number of aromatic nitrogens is 3. The van der Waals surface area contributed by atoms with Crippen molar-refractivity contribution in [2.24, 2.45) is 32.5 Å². The summed E-state index contributed by atoms with van der Waals surface area (Å²) in [5.41, 5.74) is -32.6. The maximum atomic E-state index is 19.6. The van der Waals surface area contributed by atoms with Crippen LogP contribution < -0.4 is 46.1 Å². The van der Waals surface area contributed by atoms with Gasteiger partial charge in [0.1, 0.15) is 54.9 Å². The second-order valence-electron chi connectivity index (χ2n) is 38.8. The van der Waals surface area contributed by atoms with E-state index in [9.17, 15) is 39.5 Å². The number of pyridine rings is 3. The second kappa shape index (κ2) is 31.7. The Kier molecular flexibility index (Phi) is 23.8. The molecule has 0 saturated carbocycles. The molecule has 0 radical (unpaired) electrons. The lowest BCUT2D eigenvalue weighted by atomic mass is 9.67. The van der Waals surface area contributed by atoms with Crippen LogP contribution in [0.2, 0.25) is 0 Å². The first-order chi connectivity index (χ1) is 58.4. The van der Waals surface area contributed by atoms with Crippen LogP contribution in [0.3, 0.4) is 0 Å². The molecule has 0 spiro atoms. The normalized spacial score (nSPS) is 15.2. The summed E-state index contributed by atoms with van der Waals surface area (Å²) >= 11 is 0. The predicted octanol–water partition coefficient (Wildman–Crippen LogP) is 24.0. The average molecular weight is 1820 g/mol. The van der Waals surface area contributed by atoms with Crippen LogP contribution >= 0.6 is 7.82 Å². The molecule has 0 atom stereocenters. The number of hydrogen-bond acceptors (Lipinski definition) is 13. The van der Waals surface area contributed by atoms with E-state index in [4.69, 9.17) is 13.6 Å². The van der Waals surface area contributed by atoms with Crippen LogP contribution in [0.1, 0.15) is 206 Å². The standard InChI is InChI=1S/C93H99F15N9O10P/c1-49-37-55(94)25-28-67(49)109-46-112(79(121)58-40-61(88(100,101)102)64(97)43-73(58)109)70-31-34-76(118)115(52(70)4)91(82(7,8)9,83(10,11)12)125-128(124,126-92(84(13,14)15,85(16,17)18)116-53(5)71(32-35-77(116)119)113-47-110(68-29-26-56(95)38-50(68)2)74-44-65(98)62(89(103,104)105)41-59(74)80(113)122)127-93(86(19,20)21,87(22,23)24)117-54(6)72(33-36-78(117)120)114-48-111(69-30-27-57(96)39-51(69)3)75-45-66(99)63(90(106,107)108)42-60(75)81(114)123/h25-45H,46-48H2,1-24H3. The van der Waals surface area contributed by atoms with Gasteiger partial charge in [0.2, 0.25) is 0 Å². The second-order valence-corrected chi connectivity index (χ2v) is 40.3. The first-order valence-electron chi connectivity index (χ1n) is 40.7. The molecule has 0 bridgehead atoms. The topological polar surface area (TPSA) is 181 Å². The van der Waals surface area contributed by atoms with Gasteiger partial charge in [0.05, 0.1) is 67.5 Å². The number of phosphoric ester groups is 1. The van der Waals surface area contributed by atoms with Gasteiger partial charge in [0, 0.05) is 84.8 Å². The third kappa shape index (κ3) is 15.9. The van der Waals surface area contributed by atoms with Crippen molar-refractivity contribution in [1.29, 1.82) is 0 Å². The summed E-state index contributed by atoms with van der Waals surface area (Å²) in [4.78, 5) is 102. The Bertz CT molecular complexity index is 5670. The molecular formula is C93H99F15N9O10P. The quantitative estimate of drug-likeness (QED) is 0.0699. The number of carbonyl (C=O) groups excluding carboxylic acids is 3. The van der Waals surface area contributed by atoms with Crippen molar-refractivity contribution >= 4 is 76.7 Å². The van der Waals surface area contributed by atoms with Crippen molar-refractivity contribution < 1.29 is 98.4 Å². The molecule has 0 fully saturated rings. The summed E-state index contributed by atoms with van der Waals surface area (Å²) in [7, 11) is -6.61. The lowest BCUT2D eigenvalue weighted by Gasteiger charge is -2.60. The number of benzene rings is 6. The fourth-order valence-electron chi connectivity index (χ4n) is 19.5. The Morgan fingerprint density at radius 3 is 0.664 bits per heavy atom. The van der Waals surface area contributed by atoms with Crippen LogP contribution in [0.5, 0.6) is 0 Å². The monoisotopic (exact) mass is 1820 g/mol. The number of aryl methyl sites for hydroxylation is 3. The van der Waals surface area contributed by atoms with E-state index < -0.39 is 216 Å². The average Bonchev–Trinajstić information content (AvgIpc) is 0.692. The van der Waals surface area contributed by atoms with Gasteiger partial charge in [-0.25, -0.2) is 30.9 Å². The molecule has 686 valence electrons. The van der Waals surface area contributed by atoms with E-state index in [0.29, 0.717) is 36.4 Å². The number of anilines is 9. The molecule has 0 saturated heterocycles. The molecule has 128 heavy (non-hydrogen) atoms. The van der Waals surface area contributed by atoms with E-state index in [1.165, 1.54) is 199 Å². The van der Waals surface area contributed by atoms with Crippen LogP contribution in [0.4, 0.5) is 117 Å². The molecule has 3 aromatic heterocycles. The zero-order valence-corrected chi connectivity index (χ0v) is 75.9. The molecule has 35 heteroatoms. The summed E-state index contributed by atoms with van der Waals surface area (Å²) in [6, 6.07) is 18.8. The summed E-state index contributed by atoms with van der Waals surface area (Å²) in [5, 5.41) is 0. The van der Waals surface area contributed by atoms with Gasteiger partial charge in [-0.05, 0) is 167 Å². The Balaban J connectivity index is 1.19. The molecule has 3 aliphatic rings. The third-order valence-electron chi connectivity index (χ3n) is 24.2. The first kappa shape index (κ1) is 96.1. The highest BCUT2D eigenvalue weighted by Crippen LogP contribution is 2.73. The number of fused-ring (bicyclic) bond motifs is 3. The van der Waals surface area contributed by atoms with Crippen molar-refractivity contribution in [2.75, 3.05) is 49.4 Å². The van der Waals surface area contributed by atoms with Gasteiger partial charge in [0.25, 0.3) is 34.4 Å². The molecule has 6 heterocycles. The minimum atomic E-state index is -6.61. The third-order valence-corrected chi connectivity index (χ3v) is 25.7. The van der Waals surface area contributed by atoms with Crippen molar-refractivity contribution in [3.05, 3.63) is 261 Å². The van der Waals surface area contributed by atoms with Gasteiger partial charge < -0.3 is 14.7 Å². The lowest BCUT2D eigenvalue weighted by molar-refractivity contribution is -0.263. The van der Waals surface area contributed by atoms with Crippen LogP contribution in [0.15, 0.2) is 142 Å². The summed E-state index contributed by atoms with van der Waals surface area (Å²) in [5.74, 6) is -11.2. The molecule has 3 amide bonds. The van der Waals surface area contributed by atoms with Gasteiger partial charge in [-0.3, -0.25) is 70.7 Å². The molecule has 6 aromatic carbocycles. The highest BCUT2D eigenvalue weighted by atomic mass is 31.2. The van der Waals surface area contributed by atoms with Crippen LogP contribution in [0, 0.1) is 109 Å². The molecule has 0 unspecified atom stereocenters. The van der Waals surface area contributed by atoms with Gasteiger partial charge in [-0.1, -0.05) is 125 Å². The SMILES string of the molecule is Cc1cc(F)ccc1N1CN(c2ccc(=O)n(C(OP(=O)(OC(n3c(C)c(N4CN(c5ccc(F)cc5C)c5cc(F)c(C(F)(F)F)cc5C4=O)ccc3=O)(C(C)(C)C)C(C)(C)C)OC(n3c(C)c(N4CN(c5ccc(F)cc5C)c5cc(F)c(C(F)(F)F)cc5C4=O)ccc3=O)(C(C)(C)C)C(C)(C)C)(C(C)(C)C)C(C)(C)C)c2C)C(=O)c2cc(C(F)(F)F)c(F)cc21. The van der Waals surface area contributed by atoms with Gasteiger partial charge >= 0.3 is 26.4 Å². The number of halogens is 15. The van der Waals surface area contributed by atoms with E-state index in [1.807, 2.05) is 0 Å². The van der Waals surface area contributed by atoms with Crippen LogP contribution in [-0.4, -0.2) is 51.4 Å². The molecular weight excluding hydrogens is 1720 g/mol. The maximum absolute atomic E-state index is 19.6. The fourth-order valence-corrected chi connectivity index (χ4v) is 22.5. The smallest absolute Gasteiger partial charge is 0.322 e. The summed E-state index contributed by atoms with van der Waals surface area (Å²) in [6.07, 6.45) is -16.2. The van der Waals surface area contributed by atoms with E-state index in [1.54, 1.807) is 0 Å². The van der Waals surface area contributed by atoms with E-state index >= 15 is 59.7 Å².